The fourth-order valence-electron chi connectivity index (χ4n) is 2.90. The van der Waals surface area contributed by atoms with E-state index in [-0.39, 0.29) is 5.91 Å². The molecular formula is C16H16N2O3. The van der Waals surface area contributed by atoms with Gasteiger partial charge in [0.25, 0.3) is 5.91 Å². The van der Waals surface area contributed by atoms with E-state index >= 15 is 0 Å². The molecule has 1 aromatic heterocycles. The van der Waals surface area contributed by atoms with Gasteiger partial charge in [-0.05, 0) is 31.2 Å². The van der Waals surface area contributed by atoms with Crippen molar-refractivity contribution in [3.8, 4) is 0 Å². The molecule has 0 saturated carbocycles. The number of aryl methyl sites for hydroxylation is 1. The quantitative estimate of drug-likeness (QED) is 0.918. The Hall–Kier alpha value is -2.43. The van der Waals surface area contributed by atoms with Crippen molar-refractivity contribution < 1.29 is 14.7 Å². The third kappa shape index (κ3) is 2.35. The summed E-state index contributed by atoms with van der Waals surface area (Å²) in [6.45, 7) is 2.31. The Labute approximate surface area is 122 Å². The van der Waals surface area contributed by atoms with Crippen molar-refractivity contribution in [1.29, 1.82) is 0 Å². The first-order chi connectivity index (χ1) is 10.1. The number of carboxylic acid groups (broad SMARTS) is 1. The van der Waals surface area contributed by atoms with Crippen LogP contribution in [0.4, 0.5) is 0 Å². The van der Waals surface area contributed by atoms with E-state index in [0.717, 1.165) is 16.5 Å². The number of aromatic nitrogens is 1. The molecule has 1 saturated heterocycles. The van der Waals surface area contributed by atoms with Crippen LogP contribution in [0.3, 0.4) is 0 Å². The Bertz CT molecular complexity index is 727. The molecule has 1 aliphatic rings. The average molecular weight is 284 g/mol. The number of hydrogen-bond donors (Lipinski definition) is 1. The first-order valence-electron chi connectivity index (χ1n) is 6.98. The van der Waals surface area contributed by atoms with Gasteiger partial charge in [0.1, 0.15) is 11.7 Å². The molecule has 3 rings (SSSR count). The van der Waals surface area contributed by atoms with Crippen LogP contribution in [-0.2, 0) is 4.79 Å². The van der Waals surface area contributed by atoms with E-state index in [0.29, 0.717) is 25.1 Å². The summed E-state index contributed by atoms with van der Waals surface area (Å²) in [5.74, 6) is -1.24. The second-order valence-electron chi connectivity index (χ2n) is 5.33. The molecule has 1 N–H and O–H groups in total. The zero-order valence-corrected chi connectivity index (χ0v) is 11.7. The largest absolute Gasteiger partial charge is 0.480 e. The number of nitrogens with zero attached hydrogens (tertiary/aromatic N) is 2. The van der Waals surface area contributed by atoms with Crippen molar-refractivity contribution in [3.05, 3.63) is 41.7 Å². The summed E-state index contributed by atoms with van der Waals surface area (Å²) >= 11 is 0. The van der Waals surface area contributed by atoms with Crippen molar-refractivity contribution in [2.45, 2.75) is 25.8 Å². The molecule has 2 heterocycles. The Balaban J connectivity index is 2.07. The molecule has 1 atom stereocenters. The van der Waals surface area contributed by atoms with E-state index in [9.17, 15) is 14.7 Å². The highest BCUT2D eigenvalue weighted by molar-refractivity contribution is 6.06. The number of aliphatic carboxylic acids is 1. The van der Waals surface area contributed by atoms with Crippen LogP contribution in [0.5, 0.6) is 0 Å². The van der Waals surface area contributed by atoms with Gasteiger partial charge < -0.3 is 10.0 Å². The Morgan fingerprint density at radius 2 is 2.10 bits per heavy atom. The predicted molar refractivity (Wildman–Crippen MR) is 78.2 cm³/mol. The Morgan fingerprint density at radius 1 is 1.33 bits per heavy atom. The average Bonchev–Trinajstić information content (AvgIpc) is 2.95. The number of likely N-dealkylation sites (tertiary alicyclic amines) is 1. The highest BCUT2D eigenvalue weighted by Gasteiger charge is 2.35. The number of hydrogen-bond acceptors (Lipinski definition) is 3. The third-order valence-corrected chi connectivity index (χ3v) is 3.87. The molecule has 0 spiro atoms. The molecule has 1 unspecified atom stereocenters. The molecule has 1 aliphatic heterocycles. The van der Waals surface area contributed by atoms with E-state index in [1.165, 1.54) is 4.90 Å². The Kier molecular flexibility index (Phi) is 3.33. The van der Waals surface area contributed by atoms with Gasteiger partial charge in [0.2, 0.25) is 0 Å². The number of benzene rings is 1. The van der Waals surface area contributed by atoms with Crippen molar-refractivity contribution in [2.24, 2.45) is 0 Å². The molecule has 1 aromatic carbocycles. The zero-order chi connectivity index (χ0) is 15.0. The van der Waals surface area contributed by atoms with E-state index in [2.05, 4.69) is 4.98 Å². The molecule has 2 aromatic rings. The summed E-state index contributed by atoms with van der Waals surface area (Å²) < 4.78 is 0. The topological polar surface area (TPSA) is 70.5 Å². The molecule has 21 heavy (non-hydrogen) atoms. The van der Waals surface area contributed by atoms with Gasteiger partial charge in [0.15, 0.2) is 0 Å². The molecular weight excluding hydrogens is 268 g/mol. The van der Waals surface area contributed by atoms with Crippen LogP contribution in [0.25, 0.3) is 10.8 Å². The highest BCUT2D eigenvalue weighted by Crippen LogP contribution is 2.24. The smallest absolute Gasteiger partial charge is 0.326 e. The van der Waals surface area contributed by atoms with Crippen molar-refractivity contribution in [1.82, 2.24) is 9.88 Å². The minimum absolute atomic E-state index is 0.292. The number of amides is 1. The van der Waals surface area contributed by atoms with Gasteiger partial charge >= 0.3 is 5.97 Å². The van der Waals surface area contributed by atoms with Crippen molar-refractivity contribution in [2.75, 3.05) is 6.54 Å². The lowest BCUT2D eigenvalue weighted by molar-refractivity contribution is -0.141. The van der Waals surface area contributed by atoms with Gasteiger partial charge in [-0.15, -0.1) is 0 Å². The van der Waals surface area contributed by atoms with Crippen LogP contribution >= 0.6 is 0 Å². The summed E-state index contributed by atoms with van der Waals surface area (Å²) in [7, 11) is 0. The SMILES string of the molecule is Cc1cc2ccccc2c(C(=O)N2CCCC2C(=O)O)n1. The number of fused-ring (bicyclic) bond motifs is 1. The molecule has 5 nitrogen and oxygen atoms in total. The van der Waals surface area contributed by atoms with Crippen LogP contribution in [0.2, 0.25) is 0 Å². The summed E-state index contributed by atoms with van der Waals surface area (Å²) in [6.07, 6.45) is 1.22. The van der Waals surface area contributed by atoms with Gasteiger partial charge in [-0.2, -0.15) is 0 Å². The number of rotatable bonds is 2. The van der Waals surface area contributed by atoms with Crippen LogP contribution in [0.15, 0.2) is 30.3 Å². The fourth-order valence-corrected chi connectivity index (χ4v) is 2.90. The molecule has 5 heteroatoms. The monoisotopic (exact) mass is 284 g/mol. The maximum atomic E-state index is 12.7. The van der Waals surface area contributed by atoms with Gasteiger partial charge in [-0.25, -0.2) is 9.78 Å². The van der Waals surface area contributed by atoms with E-state index in [4.69, 9.17) is 0 Å². The van der Waals surface area contributed by atoms with Gasteiger partial charge in [0.05, 0.1) is 0 Å². The minimum Gasteiger partial charge on any atom is -0.480 e. The molecule has 1 amide bonds. The summed E-state index contributed by atoms with van der Waals surface area (Å²) in [5, 5.41) is 10.9. The van der Waals surface area contributed by atoms with Crippen molar-refractivity contribution >= 4 is 22.6 Å². The number of carboxylic acids is 1. The fraction of sp³-hybridized carbons (Fsp3) is 0.312. The molecule has 0 radical (unpaired) electrons. The third-order valence-electron chi connectivity index (χ3n) is 3.87. The second kappa shape index (κ2) is 5.16. The van der Waals surface area contributed by atoms with E-state index in [1.54, 1.807) is 0 Å². The first-order valence-corrected chi connectivity index (χ1v) is 6.98. The number of carbonyl (C=O) groups excluding carboxylic acids is 1. The summed E-state index contributed by atoms with van der Waals surface area (Å²) in [4.78, 5) is 29.8. The van der Waals surface area contributed by atoms with E-state index in [1.807, 2.05) is 37.3 Å². The lowest BCUT2D eigenvalue weighted by Gasteiger charge is -2.21. The lowest BCUT2D eigenvalue weighted by Crippen LogP contribution is -2.40. The van der Waals surface area contributed by atoms with Gasteiger partial charge in [0, 0.05) is 17.6 Å². The molecule has 1 fully saturated rings. The maximum Gasteiger partial charge on any atom is 0.326 e. The zero-order valence-electron chi connectivity index (χ0n) is 11.7. The van der Waals surface area contributed by atoms with Crippen LogP contribution in [0.1, 0.15) is 29.0 Å². The standard InChI is InChI=1S/C16H16N2O3/c1-10-9-11-5-2-3-6-12(11)14(17-10)15(19)18-8-4-7-13(18)16(20)21/h2-3,5-6,9,13H,4,7-8H2,1H3,(H,20,21). The number of pyridine rings is 1. The van der Waals surface area contributed by atoms with Crippen LogP contribution < -0.4 is 0 Å². The highest BCUT2D eigenvalue weighted by atomic mass is 16.4. The van der Waals surface area contributed by atoms with Crippen molar-refractivity contribution in [3.63, 3.8) is 0 Å². The Morgan fingerprint density at radius 3 is 2.86 bits per heavy atom. The molecule has 108 valence electrons. The summed E-state index contributed by atoms with van der Waals surface area (Å²) in [5.41, 5.74) is 1.10. The second-order valence-corrected chi connectivity index (χ2v) is 5.33. The summed E-state index contributed by atoms with van der Waals surface area (Å²) in [6, 6.07) is 8.73. The van der Waals surface area contributed by atoms with Gasteiger partial charge in [-0.1, -0.05) is 24.3 Å². The lowest BCUT2D eigenvalue weighted by atomic mass is 10.1. The maximum absolute atomic E-state index is 12.7. The minimum atomic E-state index is -0.946. The molecule has 0 aliphatic carbocycles. The van der Waals surface area contributed by atoms with Crippen LogP contribution in [-0.4, -0.2) is 39.5 Å². The van der Waals surface area contributed by atoms with Gasteiger partial charge in [-0.3, -0.25) is 4.79 Å². The van der Waals surface area contributed by atoms with Crippen LogP contribution in [0, 0.1) is 6.92 Å². The molecule has 0 bridgehead atoms. The van der Waals surface area contributed by atoms with E-state index < -0.39 is 12.0 Å². The first kappa shape index (κ1) is 13.5. The predicted octanol–water partition coefficient (Wildman–Crippen LogP) is 2.23. The number of carbonyl (C=O) groups is 2. The normalized spacial score (nSPS) is 18.1.